The number of nitrogens with one attached hydrogen (secondary N) is 3. The Bertz CT molecular complexity index is 377. The number of hydrogen-bond acceptors (Lipinski definition) is 4. The fourth-order valence-electron chi connectivity index (χ4n) is 0.811. The van der Waals surface area contributed by atoms with Gasteiger partial charge in [0.05, 0.1) is 0 Å². The molecule has 0 saturated heterocycles. The summed E-state index contributed by atoms with van der Waals surface area (Å²) in [6.45, 7) is 5.23. The Morgan fingerprint density at radius 1 is 1.43 bits per heavy atom. The molecule has 14 heavy (non-hydrogen) atoms. The van der Waals surface area contributed by atoms with Crippen molar-refractivity contribution in [3.63, 3.8) is 0 Å². The largest absolute Gasteiger partial charge is 0.301 e. The van der Waals surface area contributed by atoms with E-state index in [0.29, 0.717) is 0 Å². The van der Waals surface area contributed by atoms with Crippen LogP contribution >= 0.6 is 0 Å². The Balaban J connectivity index is 2.69. The van der Waals surface area contributed by atoms with Crippen molar-refractivity contribution in [3.05, 3.63) is 6.33 Å². The van der Waals surface area contributed by atoms with Gasteiger partial charge in [0.2, 0.25) is 5.95 Å². The highest BCUT2D eigenvalue weighted by atomic mass is 32.2. The monoisotopic (exact) mass is 219 g/mol. The average Bonchev–Trinajstić information content (AvgIpc) is 2.31. The maximum absolute atomic E-state index is 11.4. The second-order valence-electron chi connectivity index (χ2n) is 3.79. The van der Waals surface area contributed by atoms with Gasteiger partial charge >= 0.3 is 10.2 Å². The van der Waals surface area contributed by atoms with Gasteiger partial charge in [-0.2, -0.15) is 23.2 Å². The molecule has 0 aromatic carbocycles. The van der Waals surface area contributed by atoms with Gasteiger partial charge in [0.15, 0.2) is 0 Å². The molecule has 0 aliphatic carbocycles. The van der Waals surface area contributed by atoms with Crippen molar-refractivity contribution in [2.24, 2.45) is 0 Å². The van der Waals surface area contributed by atoms with E-state index in [0.717, 1.165) is 0 Å². The van der Waals surface area contributed by atoms with Crippen LogP contribution in [0.15, 0.2) is 6.33 Å². The van der Waals surface area contributed by atoms with E-state index in [9.17, 15) is 8.42 Å². The van der Waals surface area contributed by atoms with Crippen LogP contribution in [-0.4, -0.2) is 29.1 Å². The van der Waals surface area contributed by atoms with Crippen LogP contribution in [0.25, 0.3) is 0 Å². The average molecular weight is 219 g/mol. The second kappa shape index (κ2) is 3.54. The van der Waals surface area contributed by atoms with E-state index >= 15 is 0 Å². The molecule has 3 N–H and O–H groups in total. The highest BCUT2D eigenvalue weighted by Gasteiger charge is 2.20. The van der Waals surface area contributed by atoms with Gasteiger partial charge in [0.25, 0.3) is 0 Å². The van der Waals surface area contributed by atoms with Crippen LogP contribution in [0.2, 0.25) is 0 Å². The first-order valence-corrected chi connectivity index (χ1v) is 5.44. The summed E-state index contributed by atoms with van der Waals surface area (Å²) in [4.78, 5) is 3.63. The predicted molar refractivity (Wildman–Crippen MR) is 51.8 cm³/mol. The van der Waals surface area contributed by atoms with Crippen LogP contribution in [0.4, 0.5) is 5.95 Å². The van der Waals surface area contributed by atoms with E-state index in [1.807, 2.05) is 0 Å². The van der Waals surface area contributed by atoms with Gasteiger partial charge in [-0.25, -0.2) is 9.82 Å². The molecule has 1 aromatic heterocycles. The molecule has 1 aromatic rings. The lowest BCUT2D eigenvalue weighted by atomic mass is 10.1. The summed E-state index contributed by atoms with van der Waals surface area (Å²) in [6.07, 6.45) is 1.22. The van der Waals surface area contributed by atoms with E-state index in [-0.39, 0.29) is 5.95 Å². The second-order valence-corrected chi connectivity index (χ2v) is 5.21. The molecule has 0 unspecified atom stereocenters. The molecule has 0 saturated carbocycles. The number of hydrogen-bond donors (Lipinski definition) is 3. The van der Waals surface area contributed by atoms with Crippen molar-refractivity contribution in [1.29, 1.82) is 0 Å². The fourth-order valence-corrected chi connectivity index (χ4v) is 2.02. The molecule has 0 fully saturated rings. The van der Waals surface area contributed by atoms with Crippen molar-refractivity contribution >= 4 is 16.2 Å². The lowest BCUT2D eigenvalue weighted by Crippen LogP contribution is -2.43. The molecule has 0 aliphatic heterocycles. The predicted octanol–water partition coefficient (Wildman–Crippen LogP) is -0.151. The van der Waals surface area contributed by atoms with E-state index < -0.39 is 15.7 Å². The zero-order chi connectivity index (χ0) is 10.8. The van der Waals surface area contributed by atoms with Crippen LogP contribution in [0.5, 0.6) is 0 Å². The summed E-state index contributed by atoms with van der Waals surface area (Å²) in [6, 6.07) is 0. The molecule has 1 rings (SSSR count). The SMILES string of the molecule is CC(C)(C)NS(=O)(=O)Nc1ncn[nH]1. The van der Waals surface area contributed by atoms with Crippen molar-refractivity contribution in [1.82, 2.24) is 19.9 Å². The third kappa shape index (κ3) is 3.71. The van der Waals surface area contributed by atoms with Crippen LogP contribution < -0.4 is 9.44 Å². The van der Waals surface area contributed by atoms with E-state index in [4.69, 9.17) is 0 Å². The maximum Gasteiger partial charge on any atom is 0.301 e. The molecule has 0 amide bonds. The van der Waals surface area contributed by atoms with Gasteiger partial charge in [-0.05, 0) is 20.8 Å². The zero-order valence-electron chi connectivity index (χ0n) is 8.20. The normalized spacial score (nSPS) is 12.8. The summed E-state index contributed by atoms with van der Waals surface area (Å²) in [5.74, 6) is 0.0850. The summed E-state index contributed by atoms with van der Waals surface area (Å²) in [5, 5.41) is 5.90. The van der Waals surface area contributed by atoms with Gasteiger partial charge in [0.1, 0.15) is 6.33 Å². The smallest absolute Gasteiger partial charge is 0.245 e. The number of anilines is 1. The number of rotatable bonds is 3. The maximum atomic E-state index is 11.4. The summed E-state index contributed by atoms with van der Waals surface area (Å²) < 4.78 is 27.4. The Labute approximate surface area is 82.5 Å². The van der Waals surface area contributed by atoms with Crippen LogP contribution in [0, 0.1) is 0 Å². The molecule has 0 bridgehead atoms. The molecule has 0 aliphatic rings. The van der Waals surface area contributed by atoms with Crippen molar-refractivity contribution in [2.45, 2.75) is 26.3 Å². The van der Waals surface area contributed by atoms with Crippen LogP contribution in [0.3, 0.4) is 0 Å². The minimum Gasteiger partial charge on any atom is -0.245 e. The highest BCUT2D eigenvalue weighted by molar-refractivity contribution is 7.90. The molecule has 80 valence electrons. The molecular weight excluding hydrogens is 206 g/mol. The van der Waals surface area contributed by atoms with E-state index in [1.165, 1.54) is 6.33 Å². The molecule has 8 heteroatoms. The third-order valence-electron chi connectivity index (χ3n) is 1.09. The zero-order valence-corrected chi connectivity index (χ0v) is 9.01. The Morgan fingerprint density at radius 2 is 2.07 bits per heavy atom. The molecular formula is C6H13N5O2S. The summed E-state index contributed by atoms with van der Waals surface area (Å²) in [7, 11) is -3.60. The first-order valence-electron chi connectivity index (χ1n) is 3.96. The summed E-state index contributed by atoms with van der Waals surface area (Å²) in [5.41, 5.74) is -0.536. The van der Waals surface area contributed by atoms with E-state index in [2.05, 4.69) is 24.6 Å². The number of nitrogens with zero attached hydrogens (tertiary/aromatic N) is 2. The minimum atomic E-state index is -3.60. The van der Waals surface area contributed by atoms with Gasteiger partial charge in [-0.15, -0.1) is 0 Å². The number of aromatic amines is 1. The number of aromatic nitrogens is 3. The van der Waals surface area contributed by atoms with Crippen LogP contribution in [0.1, 0.15) is 20.8 Å². The summed E-state index contributed by atoms with van der Waals surface area (Å²) >= 11 is 0. The Morgan fingerprint density at radius 3 is 2.50 bits per heavy atom. The van der Waals surface area contributed by atoms with Crippen molar-refractivity contribution in [2.75, 3.05) is 4.72 Å². The van der Waals surface area contributed by atoms with E-state index in [1.54, 1.807) is 20.8 Å². The lowest BCUT2D eigenvalue weighted by molar-refractivity contribution is 0.494. The first-order chi connectivity index (χ1) is 6.29. The van der Waals surface area contributed by atoms with Crippen molar-refractivity contribution in [3.8, 4) is 0 Å². The molecule has 0 atom stereocenters. The lowest BCUT2D eigenvalue weighted by Gasteiger charge is -2.19. The quantitative estimate of drug-likeness (QED) is 0.658. The van der Waals surface area contributed by atoms with Crippen LogP contribution in [-0.2, 0) is 10.2 Å². The minimum absolute atomic E-state index is 0.0850. The van der Waals surface area contributed by atoms with Gasteiger partial charge < -0.3 is 0 Å². The molecule has 7 nitrogen and oxygen atoms in total. The first kappa shape index (κ1) is 10.9. The Hall–Kier alpha value is -1.15. The standard InChI is InChI=1S/C6H13N5O2S/c1-6(2,3)11-14(12,13)10-5-7-4-8-9-5/h4,11H,1-3H3,(H2,7,8,9,10). The molecule has 1 heterocycles. The molecule has 0 radical (unpaired) electrons. The topological polar surface area (TPSA) is 99.8 Å². The van der Waals surface area contributed by atoms with Gasteiger partial charge in [0, 0.05) is 5.54 Å². The fraction of sp³-hybridized carbons (Fsp3) is 0.667. The third-order valence-corrected chi connectivity index (χ3v) is 2.43. The number of H-pyrrole nitrogens is 1. The van der Waals surface area contributed by atoms with Gasteiger partial charge in [-0.3, -0.25) is 0 Å². The van der Waals surface area contributed by atoms with Crippen molar-refractivity contribution < 1.29 is 8.42 Å². The molecule has 0 spiro atoms. The van der Waals surface area contributed by atoms with Gasteiger partial charge in [-0.1, -0.05) is 0 Å². The Kier molecular flexibility index (Phi) is 2.76. The highest BCUT2D eigenvalue weighted by Crippen LogP contribution is 2.03.